The van der Waals surface area contributed by atoms with Crippen LogP contribution in [0.2, 0.25) is 0 Å². The minimum Gasteiger partial charge on any atom is -0.547 e. The summed E-state index contributed by atoms with van der Waals surface area (Å²) in [6, 6.07) is 0. The molecular weight excluding hydrogens is 156 g/mol. The largest absolute Gasteiger partial charge is 0.547 e. The normalized spacial score (nSPS) is 12.8. The van der Waals surface area contributed by atoms with Crippen LogP contribution in [0.15, 0.2) is 0 Å². The lowest BCUT2D eigenvalue weighted by Crippen LogP contribution is -2.35. The smallest absolute Gasteiger partial charge is 0.0933 e. The van der Waals surface area contributed by atoms with Gasteiger partial charge in [-0.15, -0.1) is 0 Å². The molecule has 1 N–H and O–H groups in total. The van der Waals surface area contributed by atoms with Gasteiger partial charge in [0.2, 0.25) is 0 Å². The summed E-state index contributed by atoms with van der Waals surface area (Å²) in [5.74, 6) is -1.36. The van der Waals surface area contributed by atoms with Crippen molar-refractivity contribution >= 4 is 5.97 Å². The van der Waals surface area contributed by atoms with Crippen LogP contribution >= 0.6 is 0 Å². The quantitative estimate of drug-likeness (QED) is 0.569. The lowest BCUT2D eigenvalue weighted by molar-refractivity contribution is -0.315. The van der Waals surface area contributed by atoms with Gasteiger partial charge < -0.3 is 15.0 Å². The van der Waals surface area contributed by atoms with Crippen LogP contribution in [-0.2, 0) is 4.79 Å². The number of hydrogen-bond acceptors (Lipinski definition) is 3. The summed E-state index contributed by atoms with van der Waals surface area (Å²) < 4.78 is 0. The minimum absolute atomic E-state index is 0.325. The molecule has 3 heteroatoms. The number of unbranched alkanes of at least 4 members (excludes halogenated alkanes) is 4. The maximum atomic E-state index is 10.1. The van der Waals surface area contributed by atoms with Gasteiger partial charge in [0.05, 0.1) is 12.1 Å². The molecule has 0 aliphatic rings. The van der Waals surface area contributed by atoms with E-state index in [0.717, 1.165) is 19.3 Å². The molecule has 72 valence electrons. The number of aliphatic hydroxyl groups excluding tert-OH is 1. The Hall–Kier alpha value is -0.570. The number of hydrogen-bond donors (Lipinski definition) is 1. The average molecular weight is 173 g/mol. The first-order valence-electron chi connectivity index (χ1n) is 4.57. The summed E-state index contributed by atoms with van der Waals surface area (Å²) >= 11 is 0. The highest BCUT2D eigenvalue weighted by molar-refractivity contribution is 5.69. The van der Waals surface area contributed by atoms with Crippen LogP contribution in [0, 0.1) is 0 Å². The van der Waals surface area contributed by atoms with Crippen LogP contribution < -0.4 is 5.11 Å². The van der Waals surface area contributed by atoms with Crippen molar-refractivity contribution in [3.05, 3.63) is 0 Å². The van der Waals surface area contributed by atoms with Gasteiger partial charge in [-0.3, -0.25) is 0 Å². The summed E-state index contributed by atoms with van der Waals surface area (Å²) in [7, 11) is 0. The van der Waals surface area contributed by atoms with E-state index in [0.29, 0.717) is 6.42 Å². The Morgan fingerprint density at radius 2 is 1.92 bits per heavy atom. The second kappa shape index (κ2) is 7.10. The van der Waals surface area contributed by atoms with Gasteiger partial charge >= 0.3 is 0 Å². The summed E-state index contributed by atoms with van der Waals surface area (Å²) in [5.41, 5.74) is 0. The van der Waals surface area contributed by atoms with E-state index in [1.54, 1.807) is 0 Å². The predicted octanol–water partition coefficient (Wildman–Crippen LogP) is 0.458. The van der Waals surface area contributed by atoms with Crippen molar-refractivity contribution in [1.29, 1.82) is 0 Å². The lowest BCUT2D eigenvalue weighted by Gasteiger charge is -2.10. The fourth-order valence-corrected chi connectivity index (χ4v) is 1.06. The highest BCUT2D eigenvalue weighted by Gasteiger charge is 2.02. The van der Waals surface area contributed by atoms with Crippen LogP contribution in [0.3, 0.4) is 0 Å². The minimum atomic E-state index is -1.36. The molecule has 3 nitrogen and oxygen atoms in total. The zero-order valence-corrected chi connectivity index (χ0v) is 7.58. The summed E-state index contributed by atoms with van der Waals surface area (Å²) in [5, 5.41) is 18.9. The van der Waals surface area contributed by atoms with Crippen LogP contribution in [0.4, 0.5) is 0 Å². The van der Waals surface area contributed by atoms with Crippen molar-refractivity contribution in [2.45, 2.75) is 51.6 Å². The maximum absolute atomic E-state index is 10.1. The molecule has 0 unspecified atom stereocenters. The van der Waals surface area contributed by atoms with Crippen LogP contribution in [0.5, 0.6) is 0 Å². The molecule has 0 bridgehead atoms. The van der Waals surface area contributed by atoms with E-state index in [9.17, 15) is 9.90 Å². The third-order valence-electron chi connectivity index (χ3n) is 1.85. The molecule has 0 fully saturated rings. The summed E-state index contributed by atoms with van der Waals surface area (Å²) in [4.78, 5) is 10.1. The average Bonchev–Trinajstić information content (AvgIpc) is 2.03. The Labute approximate surface area is 73.4 Å². The molecule has 0 spiro atoms. The van der Waals surface area contributed by atoms with E-state index in [4.69, 9.17) is 5.11 Å². The number of aliphatic carboxylic acids is 1. The van der Waals surface area contributed by atoms with Crippen molar-refractivity contribution in [3.8, 4) is 0 Å². The first-order chi connectivity index (χ1) is 5.68. The highest BCUT2D eigenvalue weighted by Crippen LogP contribution is 2.06. The number of carbonyl (C=O) groups excluding carboxylic acids is 1. The van der Waals surface area contributed by atoms with E-state index < -0.39 is 12.1 Å². The Balaban J connectivity index is 3.14. The molecule has 0 aromatic carbocycles. The molecule has 0 aromatic heterocycles. The molecule has 0 saturated heterocycles. The topological polar surface area (TPSA) is 60.4 Å². The van der Waals surface area contributed by atoms with Gasteiger partial charge in [-0.1, -0.05) is 39.0 Å². The second-order valence-electron chi connectivity index (χ2n) is 3.04. The maximum Gasteiger partial charge on any atom is 0.0933 e. The van der Waals surface area contributed by atoms with Crippen LogP contribution in [0.25, 0.3) is 0 Å². The van der Waals surface area contributed by atoms with E-state index in [2.05, 4.69) is 6.92 Å². The highest BCUT2D eigenvalue weighted by atomic mass is 16.4. The van der Waals surface area contributed by atoms with Crippen molar-refractivity contribution in [3.63, 3.8) is 0 Å². The summed E-state index contributed by atoms with van der Waals surface area (Å²) in [6.45, 7) is 2.12. The molecule has 0 radical (unpaired) electrons. The molecule has 1 atom stereocenters. The fourth-order valence-electron chi connectivity index (χ4n) is 1.06. The van der Waals surface area contributed by atoms with Gasteiger partial charge in [0.15, 0.2) is 0 Å². The van der Waals surface area contributed by atoms with Gasteiger partial charge in [-0.2, -0.15) is 0 Å². The molecule has 0 amide bonds. The molecular formula is C9H17O3-. The van der Waals surface area contributed by atoms with E-state index in [-0.39, 0.29) is 0 Å². The van der Waals surface area contributed by atoms with Gasteiger partial charge in [0.1, 0.15) is 0 Å². The molecule has 0 heterocycles. The third kappa shape index (κ3) is 6.16. The van der Waals surface area contributed by atoms with Gasteiger partial charge in [0.25, 0.3) is 0 Å². The number of rotatable bonds is 7. The van der Waals surface area contributed by atoms with Gasteiger partial charge in [-0.05, 0) is 6.42 Å². The Morgan fingerprint density at radius 1 is 1.33 bits per heavy atom. The van der Waals surface area contributed by atoms with Crippen molar-refractivity contribution in [1.82, 2.24) is 0 Å². The first-order valence-corrected chi connectivity index (χ1v) is 4.57. The zero-order chi connectivity index (χ0) is 9.40. The Bertz CT molecular complexity index is 123. The number of carboxylic acid groups (broad SMARTS) is 1. The van der Waals surface area contributed by atoms with Crippen molar-refractivity contribution in [2.75, 3.05) is 0 Å². The van der Waals surface area contributed by atoms with Crippen LogP contribution in [0.1, 0.15) is 45.4 Å². The van der Waals surface area contributed by atoms with E-state index >= 15 is 0 Å². The number of carboxylic acids is 1. The predicted molar refractivity (Wildman–Crippen MR) is 44.4 cm³/mol. The second-order valence-corrected chi connectivity index (χ2v) is 3.04. The van der Waals surface area contributed by atoms with E-state index in [1.807, 2.05) is 0 Å². The molecule has 0 rings (SSSR count). The first kappa shape index (κ1) is 11.4. The SMILES string of the molecule is CCCCCCC[C@@H](O)C(=O)[O-]. The van der Waals surface area contributed by atoms with Crippen molar-refractivity contribution in [2.24, 2.45) is 0 Å². The molecule has 0 aliphatic heterocycles. The van der Waals surface area contributed by atoms with Gasteiger partial charge in [0, 0.05) is 0 Å². The van der Waals surface area contributed by atoms with E-state index in [1.165, 1.54) is 12.8 Å². The lowest BCUT2D eigenvalue weighted by atomic mass is 10.1. The standard InChI is InChI=1S/C9H18O3/c1-2-3-4-5-6-7-8(10)9(11)12/h8,10H,2-7H2,1H3,(H,11,12)/p-1/t8-/m1/s1. The number of aliphatic hydroxyl groups is 1. The summed E-state index contributed by atoms with van der Waals surface area (Å²) in [6.07, 6.45) is 4.30. The molecule has 0 saturated carbocycles. The third-order valence-corrected chi connectivity index (χ3v) is 1.85. The molecule has 0 aromatic rings. The Morgan fingerprint density at radius 3 is 2.42 bits per heavy atom. The van der Waals surface area contributed by atoms with Gasteiger partial charge in [-0.25, -0.2) is 0 Å². The van der Waals surface area contributed by atoms with Crippen LogP contribution in [-0.4, -0.2) is 17.2 Å². The Kier molecular flexibility index (Phi) is 6.76. The number of carbonyl (C=O) groups is 1. The molecule has 0 aliphatic carbocycles. The molecule has 12 heavy (non-hydrogen) atoms. The zero-order valence-electron chi connectivity index (χ0n) is 7.58. The monoisotopic (exact) mass is 173 g/mol. The van der Waals surface area contributed by atoms with Crippen molar-refractivity contribution < 1.29 is 15.0 Å². The fraction of sp³-hybridized carbons (Fsp3) is 0.889.